The number of amides is 1. The minimum Gasteiger partial charge on any atom is -0.324 e. The van der Waals surface area contributed by atoms with Crippen LogP contribution in [0.1, 0.15) is 31.1 Å². The normalized spacial score (nSPS) is 12.2. The number of nitrogens with zero attached hydrogens (tertiary/aromatic N) is 2. The fraction of sp³-hybridized carbons (Fsp3) is 0.333. The number of hydrogen-bond acceptors (Lipinski definition) is 2. The van der Waals surface area contributed by atoms with E-state index in [1.807, 2.05) is 31.2 Å². The van der Waals surface area contributed by atoms with E-state index in [1.165, 1.54) is 5.56 Å². The summed E-state index contributed by atoms with van der Waals surface area (Å²) in [5.41, 5.74) is 2.75. The van der Waals surface area contributed by atoms with Crippen molar-refractivity contribution in [3.8, 4) is 0 Å². The quantitative estimate of drug-likeness (QED) is 0.935. The molecular weight excluding hydrogens is 274 g/mol. The Labute approximate surface area is 123 Å². The van der Waals surface area contributed by atoms with Crippen LogP contribution in [0.5, 0.6) is 0 Å². The summed E-state index contributed by atoms with van der Waals surface area (Å²) >= 11 is 5.96. The van der Waals surface area contributed by atoms with Crippen molar-refractivity contribution in [1.82, 2.24) is 9.78 Å². The zero-order valence-electron chi connectivity index (χ0n) is 11.9. The Morgan fingerprint density at radius 3 is 2.55 bits per heavy atom. The molecule has 0 aliphatic heterocycles. The third-order valence-electron chi connectivity index (χ3n) is 3.26. The highest BCUT2D eigenvalue weighted by Crippen LogP contribution is 2.17. The van der Waals surface area contributed by atoms with Gasteiger partial charge >= 0.3 is 0 Å². The number of nitrogens with one attached hydrogen (secondary N) is 1. The third kappa shape index (κ3) is 3.20. The number of rotatable bonds is 4. The predicted octanol–water partition coefficient (Wildman–Crippen LogP) is 3.61. The van der Waals surface area contributed by atoms with Gasteiger partial charge in [0, 0.05) is 11.9 Å². The van der Waals surface area contributed by atoms with Crippen LogP contribution in [-0.2, 0) is 11.2 Å². The number of carbonyl (C=O) groups is 1. The second-order valence-electron chi connectivity index (χ2n) is 4.76. The Kier molecular flexibility index (Phi) is 4.45. The molecule has 0 bridgehead atoms. The van der Waals surface area contributed by atoms with E-state index in [0.29, 0.717) is 5.02 Å². The molecule has 0 spiro atoms. The van der Waals surface area contributed by atoms with E-state index >= 15 is 0 Å². The molecule has 1 atom stereocenters. The number of anilines is 1. The number of carbonyl (C=O) groups excluding carboxylic acids is 1. The van der Waals surface area contributed by atoms with E-state index in [2.05, 4.69) is 17.3 Å². The minimum absolute atomic E-state index is 0.117. The predicted molar refractivity (Wildman–Crippen MR) is 81.1 cm³/mol. The maximum atomic E-state index is 12.2. The van der Waals surface area contributed by atoms with Gasteiger partial charge in [0.2, 0.25) is 5.91 Å². The van der Waals surface area contributed by atoms with E-state index in [0.717, 1.165) is 17.8 Å². The first-order valence-corrected chi connectivity index (χ1v) is 7.00. The van der Waals surface area contributed by atoms with Gasteiger partial charge in [0.25, 0.3) is 0 Å². The van der Waals surface area contributed by atoms with Crippen molar-refractivity contribution in [1.29, 1.82) is 0 Å². The summed E-state index contributed by atoms with van der Waals surface area (Å²) in [6.07, 6.45) is 2.65. The minimum atomic E-state index is -0.410. The molecule has 106 valence electrons. The summed E-state index contributed by atoms with van der Waals surface area (Å²) in [7, 11) is 0. The van der Waals surface area contributed by atoms with Gasteiger partial charge in [-0.2, -0.15) is 5.10 Å². The molecule has 2 aromatic rings. The molecule has 0 saturated heterocycles. The fourth-order valence-corrected chi connectivity index (χ4v) is 1.99. The molecule has 0 fully saturated rings. The fourth-order valence-electron chi connectivity index (χ4n) is 1.85. The Bertz CT molecular complexity index is 585. The highest BCUT2D eigenvalue weighted by atomic mass is 35.5. The van der Waals surface area contributed by atoms with Gasteiger partial charge < -0.3 is 5.32 Å². The molecule has 2 rings (SSSR count). The van der Waals surface area contributed by atoms with Crippen molar-refractivity contribution in [2.75, 3.05) is 5.32 Å². The van der Waals surface area contributed by atoms with Crippen LogP contribution in [0.4, 0.5) is 5.69 Å². The van der Waals surface area contributed by atoms with Crippen molar-refractivity contribution in [2.24, 2.45) is 0 Å². The van der Waals surface area contributed by atoms with Gasteiger partial charge in [-0.05, 0) is 38.0 Å². The first-order chi connectivity index (χ1) is 9.51. The largest absolute Gasteiger partial charge is 0.324 e. The molecular formula is C15H18ClN3O. The highest BCUT2D eigenvalue weighted by Gasteiger charge is 2.17. The molecule has 1 amide bonds. The van der Waals surface area contributed by atoms with Crippen molar-refractivity contribution in [3.05, 3.63) is 46.7 Å². The standard InChI is InChI=1S/C15H18ClN3O/c1-4-12-5-7-13(8-6-12)17-15(20)11(3)19-9-14(16)10(2)18-19/h5-9,11H,4H2,1-3H3,(H,17,20). The number of aromatic nitrogens is 2. The van der Waals surface area contributed by atoms with Crippen LogP contribution in [0.2, 0.25) is 5.02 Å². The van der Waals surface area contributed by atoms with Gasteiger partial charge in [-0.15, -0.1) is 0 Å². The molecule has 20 heavy (non-hydrogen) atoms. The Morgan fingerprint density at radius 1 is 1.40 bits per heavy atom. The number of halogens is 1. The van der Waals surface area contributed by atoms with E-state index in [4.69, 9.17) is 11.6 Å². The molecule has 1 heterocycles. The zero-order valence-corrected chi connectivity index (χ0v) is 12.6. The van der Waals surface area contributed by atoms with E-state index < -0.39 is 6.04 Å². The molecule has 1 unspecified atom stereocenters. The summed E-state index contributed by atoms with van der Waals surface area (Å²) < 4.78 is 1.58. The van der Waals surface area contributed by atoms with Gasteiger partial charge in [0.05, 0.1) is 10.7 Å². The Hall–Kier alpha value is -1.81. The maximum Gasteiger partial charge on any atom is 0.248 e. The van der Waals surface area contributed by atoms with Crippen molar-refractivity contribution in [3.63, 3.8) is 0 Å². The van der Waals surface area contributed by atoms with E-state index in [9.17, 15) is 4.79 Å². The smallest absolute Gasteiger partial charge is 0.248 e. The second kappa shape index (κ2) is 6.09. The highest BCUT2D eigenvalue weighted by molar-refractivity contribution is 6.31. The van der Waals surface area contributed by atoms with Gasteiger partial charge in [0.15, 0.2) is 0 Å². The topological polar surface area (TPSA) is 46.9 Å². The monoisotopic (exact) mass is 291 g/mol. The van der Waals surface area contributed by atoms with Crippen LogP contribution in [0.25, 0.3) is 0 Å². The summed E-state index contributed by atoms with van der Waals surface area (Å²) in [5.74, 6) is -0.117. The van der Waals surface area contributed by atoms with E-state index in [1.54, 1.807) is 17.8 Å². The molecule has 5 heteroatoms. The lowest BCUT2D eigenvalue weighted by molar-refractivity contribution is -0.119. The third-order valence-corrected chi connectivity index (χ3v) is 3.63. The molecule has 1 aromatic carbocycles. The number of hydrogen-bond donors (Lipinski definition) is 1. The van der Waals surface area contributed by atoms with Crippen molar-refractivity contribution < 1.29 is 4.79 Å². The molecule has 4 nitrogen and oxygen atoms in total. The summed E-state index contributed by atoms with van der Waals surface area (Å²) in [6.45, 7) is 5.70. The average Bonchev–Trinajstić information content (AvgIpc) is 2.78. The summed E-state index contributed by atoms with van der Waals surface area (Å²) in [4.78, 5) is 12.2. The summed E-state index contributed by atoms with van der Waals surface area (Å²) in [5, 5.41) is 7.67. The van der Waals surface area contributed by atoms with Gasteiger partial charge in [-0.1, -0.05) is 30.7 Å². The zero-order chi connectivity index (χ0) is 14.7. The van der Waals surface area contributed by atoms with Crippen molar-refractivity contribution >= 4 is 23.2 Å². The van der Waals surface area contributed by atoms with Gasteiger partial charge in [-0.25, -0.2) is 0 Å². The number of aryl methyl sites for hydroxylation is 2. The maximum absolute atomic E-state index is 12.2. The van der Waals surface area contributed by atoms with Crippen LogP contribution in [0, 0.1) is 6.92 Å². The average molecular weight is 292 g/mol. The van der Waals surface area contributed by atoms with Crippen LogP contribution in [0.3, 0.4) is 0 Å². The van der Waals surface area contributed by atoms with Gasteiger partial charge in [0.1, 0.15) is 6.04 Å². The molecule has 0 aliphatic carbocycles. The van der Waals surface area contributed by atoms with Crippen LogP contribution in [-0.4, -0.2) is 15.7 Å². The Balaban J connectivity index is 2.06. The Morgan fingerprint density at radius 2 is 2.05 bits per heavy atom. The molecule has 0 saturated carbocycles. The summed E-state index contributed by atoms with van der Waals surface area (Å²) in [6, 6.07) is 7.42. The molecule has 0 radical (unpaired) electrons. The van der Waals surface area contributed by atoms with E-state index in [-0.39, 0.29) is 5.91 Å². The second-order valence-corrected chi connectivity index (χ2v) is 5.17. The first-order valence-electron chi connectivity index (χ1n) is 6.62. The first kappa shape index (κ1) is 14.6. The van der Waals surface area contributed by atoms with Crippen LogP contribution >= 0.6 is 11.6 Å². The van der Waals surface area contributed by atoms with Crippen LogP contribution < -0.4 is 5.32 Å². The lowest BCUT2D eigenvalue weighted by Crippen LogP contribution is -2.24. The SMILES string of the molecule is CCc1ccc(NC(=O)C(C)n2cc(Cl)c(C)n2)cc1. The molecule has 0 aliphatic rings. The van der Waals surface area contributed by atoms with Crippen molar-refractivity contribution in [2.45, 2.75) is 33.2 Å². The van der Waals surface area contributed by atoms with Gasteiger partial charge in [-0.3, -0.25) is 9.48 Å². The lowest BCUT2D eigenvalue weighted by Gasteiger charge is -2.13. The number of benzene rings is 1. The molecule has 1 aromatic heterocycles. The lowest BCUT2D eigenvalue weighted by atomic mass is 10.1. The van der Waals surface area contributed by atoms with Crippen LogP contribution in [0.15, 0.2) is 30.5 Å². The molecule has 1 N–H and O–H groups in total.